The first-order chi connectivity index (χ1) is 8.33. The van der Waals surface area contributed by atoms with Crippen molar-refractivity contribution in [3.8, 4) is 11.1 Å². The predicted molar refractivity (Wildman–Crippen MR) is 72.1 cm³/mol. The minimum absolute atomic E-state index is 1.00. The highest BCUT2D eigenvalue weighted by Gasteiger charge is 2.02. The molecule has 0 unspecified atom stereocenters. The smallest absolute Gasteiger partial charge is 0.0568 e. The van der Waals surface area contributed by atoms with Crippen molar-refractivity contribution in [2.45, 2.75) is 26.3 Å². The summed E-state index contributed by atoms with van der Waals surface area (Å²) in [5.41, 5.74) is 3.52. The van der Waals surface area contributed by atoms with Gasteiger partial charge < -0.3 is 5.32 Å². The van der Waals surface area contributed by atoms with Crippen molar-refractivity contribution in [2.75, 3.05) is 12.4 Å². The van der Waals surface area contributed by atoms with E-state index in [-0.39, 0.29) is 0 Å². The van der Waals surface area contributed by atoms with Gasteiger partial charge in [0.15, 0.2) is 0 Å². The highest BCUT2D eigenvalue weighted by molar-refractivity contribution is 5.66. The maximum Gasteiger partial charge on any atom is 0.0568 e. The number of aryl methyl sites for hydroxylation is 1. The number of hydrogen-bond donors (Lipinski definition) is 1. The van der Waals surface area contributed by atoms with E-state index >= 15 is 0 Å². The van der Waals surface area contributed by atoms with E-state index in [1.807, 2.05) is 17.9 Å². The molecule has 0 spiro atoms. The zero-order valence-electron chi connectivity index (χ0n) is 10.5. The third-order valence-corrected chi connectivity index (χ3v) is 2.86. The first kappa shape index (κ1) is 11.7. The normalized spacial score (nSPS) is 10.5. The first-order valence-electron chi connectivity index (χ1n) is 6.14. The molecule has 17 heavy (non-hydrogen) atoms. The number of benzene rings is 1. The summed E-state index contributed by atoms with van der Waals surface area (Å²) in [6.07, 6.45) is 6.43. The van der Waals surface area contributed by atoms with Crippen molar-refractivity contribution < 1.29 is 0 Å². The predicted octanol–water partition coefficient (Wildman–Crippen LogP) is 3.39. The van der Waals surface area contributed by atoms with Gasteiger partial charge in [0, 0.05) is 31.0 Å². The molecule has 0 amide bonds. The molecular formula is C14H19N3. The van der Waals surface area contributed by atoms with Crippen molar-refractivity contribution in [2.24, 2.45) is 0 Å². The Morgan fingerprint density at radius 1 is 1.29 bits per heavy atom. The monoisotopic (exact) mass is 229 g/mol. The molecule has 1 heterocycles. The van der Waals surface area contributed by atoms with Crippen LogP contribution in [-0.2, 0) is 6.54 Å². The van der Waals surface area contributed by atoms with Crippen LogP contribution in [0.25, 0.3) is 11.1 Å². The zero-order chi connectivity index (χ0) is 12.1. The molecule has 1 aromatic carbocycles. The molecule has 0 radical (unpaired) electrons. The largest absolute Gasteiger partial charge is 0.388 e. The topological polar surface area (TPSA) is 29.9 Å². The molecule has 90 valence electrons. The van der Waals surface area contributed by atoms with Crippen LogP contribution in [0.1, 0.15) is 19.8 Å². The van der Waals surface area contributed by atoms with Gasteiger partial charge in [0.2, 0.25) is 0 Å². The van der Waals surface area contributed by atoms with E-state index in [0.717, 1.165) is 12.2 Å². The Bertz CT molecular complexity index is 474. The molecule has 0 aliphatic rings. The van der Waals surface area contributed by atoms with E-state index in [1.165, 1.54) is 24.0 Å². The summed E-state index contributed by atoms with van der Waals surface area (Å²) >= 11 is 0. The van der Waals surface area contributed by atoms with Crippen molar-refractivity contribution in [3.05, 3.63) is 36.7 Å². The van der Waals surface area contributed by atoms with E-state index in [2.05, 4.69) is 47.8 Å². The van der Waals surface area contributed by atoms with Crippen molar-refractivity contribution in [3.63, 3.8) is 0 Å². The van der Waals surface area contributed by atoms with E-state index in [1.54, 1.807) is 0 Å². The summed E-state index contributed by atoms with van der Waals surface area (Å²) in [7, 11) is 1.93. The van der Waals surface area contributed by atoms with Gasteiger partial charge in [-0.2, -0.15) is 5.10 Å². The lowest BCUT2D eigenvalue weighted by Gasteiger charge is -2.02. The van der Waals surface area contributed by atoms with Crippen LogP contribution in [-0.4, -0.2) is 16.8 Å². The van der Waals surface area contributed by atoms with Gasteiger partial charge >= 0.3 is 0 Å². The molecule has 0 atom stereocenters. The number of rotatable bonds is 5. The summed E-state index contributed by atoms with van der Waals surface area (Å²) in [5, 5.41) is 7.53. The highest BCUT2D eigenvalue weighted by atomic mass is 15.3. The molecule has 0 bridgehead atoms. The highest BCUT2D eigenvalue weighted by Crippen LogP contribution is 2.21. The standard InChI is InChI=1S/C14H19N3/c1-3-4-8-17-11-13(10-16-17)12-6-5-7-14(9-12)15-2/h5-7,9-11,15H,3-4,8H2,1-2H3. The number of aromatic nitrogens is 2. The van der Waals surface area contributed by atoms with Crippen molar-refractivity contribution in [1.29, 1.82) is 0 Å². The van der Waals surface area contributed by atoms with Gasteiger partial charge in [-0.3, -0.25) is 4.68 Å². The van der Waals surface area contributed by atoms with Gasteiger partial charge in [-0.15, -0.1) is 0 Å². The second-order valence-corrected chi connectivity index (χ2v) is 4.18. The lowest BCUT2D eigenvalue weighted by Crippen LogP contribution is -1.96. The van der Waals surface area contributed by atoms with Crippen LogP contribution in [0.4, 0.5) is 5.69 Å². The Morgan fingerprint density at radius 2 is 2.18 bits per heavy atom. The molecule has 1 aromatic heterocycles. The zero-order valence-corrected chi connectivity index (χ0v) is 10.5. The SMILES string of the molecule is CCCCn1cc(-c2cccc(NC)c2)cn1. The summed E-state index contributed by atoms with van der Waals surface area (Å²) in [5.74, 6) is 0. The molecular weight excluding hydrogens is 210 g/mol. The molecule has 0 fully saturated rings. The molecule has 0 saturated carbocycles. The molecule has 0 saturated heterocycles. The van der Waals surface area contributed by atoms with E-state index in [4.69, 9.17) is 0 Å². The van der Waals surface area contributed by atoms with E-state index in [9.17, 15) is 0 Å². The summed E-state index contributed by atoms with van der Waals surface area (Å²) in [6.45, 7) is 3.20. The van der Waals surface area contributed by atoms with Gasteiger partial charge in [0.05, 0.1) is 6.20 Å². The summed E-state index contributed by atoms with van der Waals surface area (Å²) in [4.78, 5) is 0. The molecule has 1 N–H and O–H groups in total. The number of hydrogen-bond acceptors (Lipinski definition) is 2. The second-order valence-electron chi connectivity index (χ2n) is 4.18. The third-order valence-electron chi connectivity index (χ3n) is 2.86. The molecule has 2 rings (SSSR count). The Kier molecular flexibility index (Phi) is 3.81. The minimum atomic E-state index is 1.00. The number of anilines is 1. The van der Waals surface area contributed by atoms with Gasteiger partial charge in [-0.1, -0.05) is 25.5 Å². The van der Waals surface area contributed by atoms with Crippen molar-refractivity contribution >= 4 is 5.69 Å². The average Bonchev–Trinajstić information content (AvgIpc) is 2.85. The maximum absolute atomic E-state index is 4.38. The fourth-order valence-electron chi connectivity index (χ4n) is 1.81. The van der Waals surface area contributed by atoms with E-state index in [0.29, 0.717) is 0 Å². The second kappa shape index (κ2) is 5.53. The molecule has 0 aliphatic carbocycles. The van der Waals surface area contributed by atoms with Gasteiger partial charge in [-0.25, -0.2) is 0 Å². The minimum Gasteiger partial charge on any atom is -0.388 e. The van der Waals surface area contributed by atoms with Gasteiger partial charge in [0.1, 0.15) is 0 Å². The van der Waals surface area contributed by atoms with Gasteiger partial charge in [-0.05, 0) is 24.1 Å². The Hall–Kier alpha value is -1.77. The van der Waals surface area contributed by atoms with Crippen LogP contribution in [0.2, 0.25) is 0 Å². The van der Waals surface area contributed by atoms with Gasteiger partial charge in [0.25, 0.3) is 0 Å². The quantitative estimate of drug-likeness (QED) is 0.851. The number of nitrogens with zero attached hydrogens (tertiary/aromatic N) is 2. The molecule has 3 nitrogen and oxygen atoms in total. The number of nitrogens with one attached hydrogen (secondary N) is 1. The summed E-state index contributed by atoms with van der Waals surface area (Å²) in [6, 6.07) is 8.37. The molecule has 3 heteroatoms. The fourth-order valence-corrected chi connectivity index (χ4v) is 1.81. The average molecular weight is 229 g/mol. The van der Waals surface area contributed by atoms with Crippen LogP contribution in [0, 0.1) is 0 Å². The van der Waals surface area contributed by atoms with Crippen LogP contribution >= 0.6 is 0 Å². The first-order valence-corrected chi connectivity index (χ1v) is 6.14. The fraction of sp³-hybridized carbons (Fsp3) is 0.357. The Morgan fingerprint density at radius 3 is 2.94 bits per heavy atom. The number of unbranched alkanes of at least 4 members (excludes halogenated alkanes) is 1. The van der Waals surface area contributed by atoms with Crippen LogP contribution in [0.5, 0.6) is 0 Å². The van der Waals surface area contributed by atoms with Crippen LogP contribution in [0.15, 0.2) is 36.7 Å². The van der Waals surface area contributed by atoms with Crippen LogP contribution < -0.4 is 5.32 Å². The third kappa shape index (κ3) is 2.87. The van der Waals surface area contributed by atoms with E-state index < -0.39 is 0 Å². The molecule has 2 aromatic rings. The summed E-state index contributed by atoms with van der Waals surface area (Å²) < 4.78 is 2.02. The molecule has 0 aliphatic heterocycles. The maximum atomic E-state index is 4.38. The lowest BCUT2D eigenvalue weighted by atomic mass is 10.1. The lowest BCUT2D eigenvalue weighted by molar-refractivity contribution is 0.572. The Labute approximate surface area is 102 Å². The van der Waals surface area contributed by atoms with Crippen LogP contribution in [0.3, 0.4) is 0 Å². The van der Waals surface area contributed by atoms with Crippen molar-refractivity contribution in [1.82, 2.24) is 9.78 Å². The Balaban J connectivity index is 2.18.